The molecule has 1 amide bonds. The minimum absolute atomic E-state index is 0.134. The Morgan fingerprint density at radius 3 is 2.90 bits per heavy atom. The van der Waals surface area contributed by atoms with Crippen molar-refractivity contribution < 1.29 is 14.1 Å². The van der Waals surface area contributed by atoms with Crippen LogP contribution in [0.1, 0.15) is 23.4 Å². The maximum absolute atomic E-state index is 12.3. The van der Waals surface area contributed by atoms with Crippen molar-refractivity contribution in [3.63, 3.8) is 0 Å². The summed E-state index contributed by atoms with van der Waals surface area (Å²) in [5.74, 6) is 0.922. The van der Waals surface area contributed by atoms with Crippen molar-refractivity contribution in [1.82, 2.24) is 24.8 Å². The molecule has 0 bridgehead atoms. The van der Waals surface area contributed by atoms with E-state index in [1.807, 2.05) is 4.68 Å². The second kappa shape index (κ2) is 5.94. The number of likely N-dealkylation sites (tertiary alicyclic amines) is 1. The summed E-state index contributed by atoms with van der Waals surface area (Å²) >= 11 is 0. The molecule has 8 heteroatoms. The van der Waals surface area contributed by atoms with Gasteiger partial charge in [0.05, 0.1) is 13.2 Å². The summed E-state index contributed by atoms with van der Waals surface area (Å²) in [5, 5.41) is 7.76. The molecule has 0 spiro atoms. The number of carbonyl (C=O) groups is 1. The molecule has 2 aromatic heterocycles. The number of methoxy groups -OCH3 is 1. The van der Waals surface area contributed by atoms with Crippen LogP contribution < -0.4 is 4.74 Å². The first kappa shape index (κ1) is 13.6. The molecule has 0 N–H and O–H groups in total. The molecule has 3 heterocycles. The number of nitrogens with zero attached hydrogens (tertiary/aromatic N) is 5. The zero-order chi connectivity index (χ0) is 14.7. The Labute approximate surface area is 121 Å². The number of carbonyl (C=O) groups excluding carboxylic acids is 1. The Morgan fingerprint density at radius 2 is 2.29 bits per heavy atom. The Morgan fingerprint density at radius 1 is 1.48 bits per heavy atom. The molecule has 21 heavy (non-hydrogen) atoms. The largest absolute Gasteiger partial charge is 0.479 e. The van der Waals surface area contributed by atoms with Crippen molar-refractivity contribution in [3.05, 3.63) is 24.5 Å². The maximum Gasteiger partial charge on any atom is 0.292 e. The fraction of sp³-hybridized carbons (Fsp3) is 0.538. The third kappa shape index (κ3) is 3.04. The lowest BCUT2D eigenvalue weighted by atomic mass is 9.97. The van der Waals surface area contributed by atoms with Gasteiger partial charge in [0.1, 0.15) is 12.7 Å². The molecule has 1 aliphatic heterocycles. The summed E-state index contributed by atoms with van der Waals surface area (Å²) < 4.78 is 11.7. The van der Waals surface area contributed by atoms with Crippen LogP contribution in [0, 0.1) is 5.92 Å². The van der Waals surface area contributed by atoms with E-state index in [1.54, 1.807) is 11.2 Å². The van der Waals surface area contributed by atoms with Gasteiger partial charge in [0.2, 0.25) is 5.76 Å². The zero-order valence-corrected chi connectivity index (χ0v) is 11.8. The van der Waals surface area contributed by atoms with Crippen molar-refractivity contribution in [3.8, 4) is 5.88 Å². The molecule has 0 unspecified atom stereocenters. The molecular weight excluding hydrogens is 274 g/mol. The third-order valence-corrected chi connectivity index (χ3v) is 3.72. The molecule has 1 saturated heterocycles. The van der Waals surface area contributed by atoms with E-state index in [0.29, 0.717) is 24.9 Å². The first-order valence-electron chi connectivity index (χ1n) is 6.88. The molecule has 1 aliphatic rings. The van der Waals surface area contributed by atoms with E-state index in [0.717, 1.165) is 19.4 Å². The third-order valence-electron chi connectivity index (χ3n) is 3.72. The molecule has 0 aromatic carbocycles. The van der Waals surface area contributed by atoms with Crippen molar-refractivity contribution in [2.45, 2.75) is 19.4 Å². The zero-order valence-electron chi connectivity index (χ0n) is 11.8. The van der Waals surface area contributed by atoms with E-state index in [9.17, 15) is 4.79 Å². The summed E-state index contributed by atoms with van der Waals surface area (Å²) in [4.78, 5) is 18.0. The van der Waals surface area contributed by atoms with Crippen LogP contribution in [-0.4, -0.2) is 50.9 Å². The van der Waals surface area contributed by atoms with Crippen molar-refractivity contribution in [1.29, 1.82) is 0 Å². The summed E-state index contributed by atoms with van der Waals surface area (Å²) in [6, 6.07) is 1.52. The molecule has 0 saturated carbocycles. The van der Waals surface area contributed by atoms with Crippen molar-refractivity contribution in [2.24, 2.45) is 5.92 Å². The second-order valence-electron chi connectivity index (χ2n) is 5.09. The van der Waals surface area contributed by atoms with Gasteiger partial charge in [-0.2, -0.15) is 5.10 Å². The van der Waals surface area contributed by atoms with Gasteiger partial charge in [0, 0.05) is 19.6 Å². The monoisotopic (exact) mass is 291 g/mol. The van der Waals surface area contributed by atoms with Crippen LogP contribution in [0.15, 0.2) is 23.2 Å². The number of rotatable bonds is 4. The average Bonchev–Trinajstić information content (AvgIpc) is 3.18. The summed E-state index contributed by atoms with van der Waals surface area (Å²) in [5.41, 5.74) is 0. The normalized spacial score (nSPS) is 16.1. The predicted molar refractivity (Wildman–Crippen MR) is 71.7 cm³/mol. The smallest absolute Gasteiger partial charge is 0.292 e. The topological polar surface area (TPSA) is 86.3 Å². The van der Waals surface area contributed by atoms with E-state index < -0.39 is 0 Å². The van der Waals surface area contributed by atoms with Crippen LogP contribution in [0.3, 0.4) is 0 Å². The fourth-order valence-corrected chi connectivity index (χ4v) is 2.52. The van der Waals surface area contributed by atoms with E-state index in [4.69, 9.17) is 9.26 Å². The predicted octanol–water partition coefficient (Wildman–Crippen LogP) is 0.827. The van der Waals surface area contributed by atoms with Gasteiger partial charge < -0.3 is 14.2 Å². The molecule has 112 valence electrons. The Bertz CT molecular complexity index is 587. The first-order valence-corrected chi connectivity index (χ1v) is 6.88. The fourth-order valence-electron chi connectivity index (χ4n) is 2.52. The maximum atomic E-state index is 12.3. The lowest BCUT2D eigenvalue weighted by Gasteiger charge is -2.31. The van der Waals surface area contributed by atoms with Crippen LogP contribution in [0.5, 0.6) is 5.88 Å². The number of hydrogen-bond donors (Lipinski definition) is 0. The van der Waals surface area contributed by atoms with Crippen LogP contribution in [0.2, 0.25) is 0 Å². The summed E-state index contributed by atoms with van der Waals surface area (Å²) in [6.07, 6.45) is 5.14. The molecular formula is C13H17N5O3. The van der Waals surface area contributed by atoms with Gasteiger partial charge in [0.15, 0.2) is 0 Å². The van der Waals surface area contributed by atoms with Gasteiger partial charge in [-0.1, -0.05) is 0 Å². The van der Waals surface area contributed by atoms with Gasteiger partial charge in [-0.25, -0.2) is 4.98 Å². The quantitative estimate of drug-likeness (QED) is 0.829. The van der Waals surface area contributed by atoms with Gasteiger partial charge >= 0.3 is 0 Å². The van der Waals surface area contributed by atoms with Crippen molar-refractivity contribution >= 4 is 5.91 Å². The highest BCUT2D eigenvalue weighted by Crippen LogP contribution is 2.21. The SMILES string of the molecule is COc1cc(C(=O)N2CCC(Cn3cncn3)CC2)on1. The summed E-state index contributed by atoms with van der Waals surface area (Å²) in [7, 11) is 1.49. The Balaban J connectivity index is 1.54. The average molecular weight is 291 g/mol. The highest BCUT2D eigenvalue weighted by atomic mass is 16.5. The highest BCUT2D eigenvalue weighted by molar-refractivity contribution is 5.91. The van der Waals surface area contributed by atoms with E-state index >= 15 is 0 Å². The number of hydrogen-bond acceptors (Lipinski definition) is 6. The van der Waals surface area contributed by atoms with Crippen molar-refractivity contribution in [2.75, 3.05) is 20.2 Å². The first-order chi connectivity index (χ1) is 10.3. The highest BCUT2D eigenvalue weighted by Gasteiger charge is 2.26. The second-order valence-corrected chi connectivity index (χ2v) is 5.09. The molecule has 0 radical (unpaired) electrons. The van der Waals surface area contributed by atoms with Gasteiger partial charge in [0.25, 0.3) is 11.8 Å². The number of piperidine rings is 1. The minimum Gasteiger partial charge on any atom is -0.479 e. The molecule has 3 rings (SSSR count). The molecule has 0 atom stereocenters. The standard InChI is InChI=1S/C13H17N5O3/c1-20-12-6-11(21-16-12)13(19)17-4-2-10(3-5-17)7-18-9-14-8-15-18/h6,8-10H,2-5,7H2,1H3. The Kier molecular flexibility index (Phi) is 3.85. The van der Waals surface area contributed by atoms with E-state index in [2.05, 4.69) is 15.2 Å². The molecule has 1 fully saturated rings. The van der Waals surface area contributed by atoms with Gasteiger partial charge in [-0.3, -0.25) is 9.48 Å². The van der Waals surface area contributed by atoms with Gasteiger partial charge in [-0.15, -0.1) is 0 Å². The van der Waals surface area contributed by atoms with Crippen LogP contribution in [-0.2, 0) is 6.54 Å². The van der Waals surface area contributed by atoms with Crippen LogP contribution in [0.25, 0.3) is 0 Å². The van der Waals surface area contributed by atoms with Gasteiger partial charge in [-0.05, 0) is 23.9 Å². The lowest BCUT2D eigenvalue weighted by Crippen LogP contribution is -2.39. The lowest BCUT2D eigenvalue weighted by molar-refractivity contribution is 0.0639. The van der Waals surface area contributed by atoms with Crippen LogP contribution in [0.4, 0.5) is 0 Å². The molecule has 8 nitrogen and oxygen atoms in total. The number of ether oxygens (including phenoxy) is 1. The Hall–Kier alpha value is -2.38. The minimum atomic E-state index is -0.134. The van der Waals surface area contributed by atoms with E-state index in [1.165, 1.54) is 19.5 Å². The number of amides is 1. The summed E-state index contributed by atoms with van der Waals surface area (Å²) in [6.45, 7) is 2.26. The van der Waals surface area contributed by atoms with E-state index in [-0.39, 0.29) is 11.7 Å². The van der Waals surface area contributed by atoms with Crippen LogP contribution >= 0.6 is 0 Å². The molecule has 2 aromatic rings. The number of aromatic nitrogens is 4. The molecule has 0 aliphatic carbocycles.